The van der Waals surface area contributed by atoms with Crippen LogP contribution in [0.3, 0.4) is 0 Å². The molecule has 1 atom stereocenters. The van der Waals surface area contributed by atoms with Gasteiger partial charge in [0.05, 0.1) is 16.6 Å². The number of carbonyl (C=O) groups excluding carboxylic acids is 1. The molecule has 0 bridgehead atoms. The monoisotopic (exact) mass is 422 g/mol. The van der Waals surface area contributed by atoms with E-state index in [-0.39, 0.29) is 16.8 Å². The fourth-order valence-corrected chi connectivity index (χ4v) is 4.25. The maximum absolute atomic E-state index is 12.9. The van der Waals surface area contributed by atoms with E-state index in [0.717, 1.165) is 16.7 Å². The first kappa shape index (κ1) is 21.6. The molecule has 30 heavy (non-hydrogen) atoms. The van der Waals surface area contributed by atoms with Crippen molar-refractivity contribution in [3.05, 3.63) is 94.5 Å². The van der Waals surface area contributed by atoms with Crippen molar-refractivity contribution in [3.8, 4) is 0 Å². The largest absolute Gasteiger partial charge is 0.346 e. The van der Waals surface area contributed by atoms with E-state index in [1.807, 2.05) is 45.0 Å². The zero-order valence-electron chi connectivity index (χ0n) is 17.6. The zero-order chi connectivity index (χ0) is 21.9. The van der Waals surface area contributed by atoms with Gasteiger partial charge in [-0.15, -0.1) is 0 Å². The number of benzene rings is 3. The van der Waals surface area contributed by atoms with Gasteiger partial charge in [-0.1, -0.05) is 53.6 Å². The Morgan fingerprint density at radius 2 is 1.40 bits per heavy atom. The number of hydrogen-bond donors (Lipinski definition) is 2. The van der Waals surface area contributed by atoms with Crippen LogP contribution >= 0.6 is 0 Å². The standard InChI is InChI=1S/C24H26N2O3S/c1-16-8-12-20(13-9-16)19(4)25-24(27)22-6-5-7-23(18(22)3)26-30(28,29)21-14-10-17(2)11-15-21/h5-15,19,26H,1-4H3,(H,25,27)/t19-/m1/s1. The first-order chi connectivity index (χ1) is 14.2. The number of hydrogen-bond acceptors (Lipinski definition) is 3. The van der Waals surface area contributed by atoms with E-state index in [0.29, 0.717) is 16.8 Å². The molecule has 0 aromatic heterocycles. The summed E-state index contributed by atoms with van der Waals surface area (Å²) in [5, 5.41) is 2.98. The van der Waals surface area contributed by atoms with Gasteiger partial charge in [0, 0.05) is 5.56 Å². The Labute approximate surface area is 178 Å². The predicted octanol–water partition coefficient (Wildman–Crippen LogP) is 4.90. The normalized spacial score (nSPS) is 12.3. The average molecular weight is 423 g/mol. The average Bonchev–Trinajstić information content (AvgIpc) is 2.70. The van der Waals surface area contributed by atoms with Gasteiger partial charge in [0.2, 0.25) is 0 Å². The van der Waals surface area contributed by atoms with Crippen molar-refractivity contribution < 1.29 is 13.2 Å². The molecule has 0 saturated carbocycles. The molecule has 0 saturated heterocycles. The molecule has 0 heterocycles. The zero-order valence-corrected chi connectivity index (χ0v) is 18.4. The molecule has 3 aromatic carbocycles. The Balaban J connectivity index is 1.81. The van der Waals surface area contributed by atoms with Crippen molar-refractivity contribution in [3.63, 3.8) is 0 Å². The maximum Gasteiger partial charge on any atom is 0.261 e. The molecule has 2 N–H and O–H groups in total. The number of carbonyl (C=O) groups is 1. The summed E-state index contributed by atoms with van der Waals surface area (Å²) in [5.41, 5.74) is 4.52. The lowest BCUT2D eigenvalue weighted by Crippen LogP contribution is -2.27. The van der Waals surface area contributed by atoms with Crippen LogP contribution in [0.5, 0.6) is 0 Å². The Bertz CT molecular complexity index is 1150. The van der Waals surface area contributed by atoms with E-state index in [1.165, 1.54) is 0 Å². The van der Waals surface area contributed by atoms with Crippen molar-refractivity contribution >= 4 is 21.6 Å². The van der Waals surface area contributed by atoms with Gasteiger partial charge in [-0.25, -0.2) is 8.42 Å². The topological polar surface area (TPSA) is 75.3 Å². The Kier molecular flexibility index (Phi) is 6.27. The highest BCUT2D eigenvalue weighted by Crippen LogP contribution is 2.24. The minimum absolute atomic E-state index is 0.176. The summed E-state index contributed by atoms with van der Waals surface area (Å²) in [5.74, 6) is -0.253. The third-order valence-electron chi connectivity index (χ3n) is 5.08. The number of amides is 1. The Morgan fingerprint density at radius 3 is 2.00 bits per heavy atom. The molecule has 156 valence electrons. The second-order valence-electron chi connectivity index (χ2n) is 7.50. The molecular formula is C24H26N2O3S. The number of anilines is 1. The summed E-state index contributed by atoms with van der Waals surface area (Å²) in [6, 6.07) is 19.4. The second-order valence-corrected chi connectivity index (χ2v) is 9.18. The predicted molar refractivity (Wildman–Crippen MR) is 120 cm³/mol. The van der Waals surface area contributed by atoms with Crippen LogP contribution in [0.4, 0.5) is 5.69 Å². The van der Waals surface area contributed by atoms with Crippen molar-refractivity contribution in [2.45, 2.75) is 38.6 Å². The summed E-state index contributed by atoms with van der Waals surface area (Å²) in [6.07, 6.45) is 0. The summed E-state index contributed by atoms with van der Waals surface area (Å²) in [6.45, 7) is 7.56. The smallest absolute Gasteiger partial charge is 0.261 e. The van der Waals surface area contributed by atoms with Gasteiger partial charge in [0.1, 0.15) is 0 Å². The van der Waals surface area contributed by atoms with Crippen molar-refractivity contribution in [1.29, 1.82) is 0 Å². The van der Waals surface area contributed by atoms with E-state index < -0.39 is 10.0 Å². The third kappa shape index (κ3) is 4.89. The molecule has 0 radical (unpaired) electrons. The summed E-state index contributed by atoms with van der Waals surface area (Å²) >= 11 is 0. The fourth-order valence-electron chi connectivity index (χ4n) is 3.13. The van der Waals surface area contributed by atoms with Gasteiger partial charge in [0.15, 0.2) is 0 Å². The summed E-state index contributed by atoms with van der Waals surface area (Å²) in [7, 11) is -3.75. The fraction of sp³-hybridized carbons (Fsp3) is 0.208. The first-order valence-electron chi connectivity index (χ1n) is 9.74. The van der Waals surface area contributed by atoms with E-state index in [1.54, 1.807) is 49.4 Å². The van der Waals surface area contributed by atoms with Crippen molar-refractivity contribution in [1.82, 2.24) is 5.32 Å². The molecule has 5 nitrogen and oxygen atoms in total. The van der Waals surface area contributed by atoms with Gasteiger partial charge in [-0.3, -0.25) is 9.52 Å². The number of nitrogens with one attached hydrogen (secondary N) is 2. The summed E-state index contributed by atoms with van der Waals surface area (Å²) in [4.78, 5) is 13.0. The third-order valence-corrected chi connectivity index (χ3v) is 6.46. The van der Waals surface area contributed by atoms with Gasteiger partial charge < -0.3 is 5.32 Å². The first-order valence-corrected chi connectivity index (χ1v) is 11.2. The van der Waals surface area contributed by atoms with E-state index in [2.05, 4.69) is 10.0 Å². The molecule has 0 spiro atoms. The molecule has 3 rings (SSSR count). The van der Waals surface area contributed by atoms with Gasteiger partial charge in [0.25, 0.3) is 15.9 Å². The number of rotatable bonds is 6. The highest BCUT2D eigenvalue weighted by Gasteiger charge is 2.19. The minimum Gasteiger partial charge on any atom is -0.346 e. The van der Waals surface area contributed by atoms with Crippen LogP contribution in [0.25, 0.3) is 0 Å². The lowest BCUT2D eigenvalue weighted by atomic mass is 10.0. The van der Waals surface area contributed by atoms with Crippen LogP contribution in [0.1, 0.15) is 45.6 Å². The maximum atomic E-state index is 12.9. The van der Waals surface area contributed by atoms with Crippen LogP contribution in [-0.4, -0.2) is 14.3 Å². The van der Waals surface area contributed by atoms with Crippen LogP contribution in [0.2, 0.25) is 0 Å². The SMILES string of the molecule is Cc1ccc([C@@H](C)NC(=O)c2cccc(NS(=O)(=O)c3ccc(C)cc3)c2C)cc1. The number of sulfonamides is 1. The molecular weight excluding hydrogens is 396 g/mol. The molecule has 3 aromatic rings. The van der Waals surface area contributed by atoms with Gasteiger partial charge in [-0.2, -0.15) is 0 Å². The van der Waals surface area contributed by atoms with Crippen LogP contribution in [0.15, 0.2) is 71.6 Å². The van der Waals surface area contributed by atoms with Crippen molar-refractivity contribution in [2.75, 3.05) is 4.72 Å². The van der Waals surface area contributed by atoms with Gasteiger partial charge in [-0.05, 0) is 63.1 Å². The Hall–Kier alpha value is -3.12. The van der Waals surface area contributed by atoms with E-state index in [4.69, 9.17) is 0 Å². The molecule has 0 aliphatic heterocycles. The lowest BCUT2D eigenvalue weighted by Gasteiger charge is -2.17. The molecule has 6 heteroatoms. The van der Waals surface area contributed by atoms with Crippen LogP contribution in [-0.2, 0) is 10.0 Å². The quantitative estimate of drug-likeness (QED) is 0.593. The lowest BCUT2D eigenvalue weighted by molar-refractivity contribution is 0.0939. The molecule has 1 amide bonds. The minimum atomic E-state index is -3.75. The highest BCUT2D eigenvalue weighted by atomic mass is 32.2. The van der Waals surface area contributed by atoms with E-state index >= 15 is 0 Å². The molecule has 0 aliphatic carbocycles. The molecule has 0 aliphatic rings. The molecule has 0 fully saturated rings. The van der Waals surface area contributed by atoms with Gasteiger partial charge >= 0.3 is 0 Å². The van der Waals surface area contributed by atoms with Crippen LogP contribution in [0, 0.1) is 20.8 Å². The summed E-state index contributed by atoms with van der Waals surface area (Å²) < 4.78 is 28.1. The Morgan fingerprint density at radius 1 is 0.833 bits per heavy atom. The number of aryl methyl sites for hydroxylation is 2. The van der Waals surface area contributed by atoms with Crippen molar-refractivity contribution in [2.24, 2.45) is 0 Å². The van der Waals surface area contributed by atoms with E-state index in [9.17, 15) is 13.2 Å². The highest BCUT2D eigenvalue weighted by molar-refractivity contribution is 7.92. The van der Waals surface area contributed by atoms with Crippen LogP contribution < -0.4 is 10.0 Å². The second kappa shape index (κ2) is 8.71. The molecule has 0 unspecified atom stereocenters.